The summed E-state index contributed by atoms with van der Waals surface area (Å²) in [4.78, 5) is 0. The molecule has 0 unspecified atom stereocenters. The molecule has 1 aromatic heterocycles. The molecular formula is C13H25N3. The van der Waals surface area contributed by atoms with Gasteiger partial charge < -0.3 is 5.32 Å². The molecule has 1 rings (SSSR count). The summed E-state index contributed by atoms with van der Waals surface area (Å²) in [6.07, 6.45) is 4.38. The molecule has 0 saturated carbocycles. The lowest BCUT2D eigenvalue weighted by atomic mass is 10.1. The molecule has 1 heterocycles. The molecule has 1 N–H and O–H groups in total. The van der Waals surface area contributed by atoms with Crippen LogP contribution in [-0.2, 0) is 6.54 Å². The summed E-state index contributed by atoms with van der Waals surface area (Å²) in [5, 5.41) is 8.06. The zero-order chi connectivity index (χ0) is 12.2. The van der Waals surface area contributed by atoms with E-state index < -0.39 is 0 Å². The molecule has 0 saturated heterocycles. The average molecular weight is 223 g/mol. The molecule has 0 aliphatic carbocycles. The standard InChI is InChI=1S/C13H25N3/c1-6-12(7-2)16-9-8-11(15-16)10-14-13(3,4)5/h8-9,12,14H,6-7,10H2,1-5H3. The molecule has 0 bridgehead atoms. The fourth-order valence-corrected chi connectivity index (χ4v) is 1.69. The van der Waals surface area contributed by atoms with Crippen molar-refractivity contribution in [2.75, 3.05) is 0 Å². The fraction of sp³-hybridized carbons (Fsp3) is 0.769. The SMILES string of the molecule is CCC(CC)n1ccc(CNC(C)(C)C)n1. The predicted octanol–water partition coefficient (Wildman–Crippen LogP) is 3.13. The van der Waals surface area contributed by atoms with Gasteiger partial charge in [-0.15, -0.1) is 0 Å². The Morgan fingerprint density at radius 2 is 1.94 bits per heavy atom. The van der Waals surface area contributed by atoms with Crippen LogP contribution < -0.4 is 5.32 Å². The summed E-state index contributed by atoms with van der Waals surface area (Å²) in [7, 11) is 0. The van der Waals surface area contributed by atoms with Crippen LogP contribution in [0.15, 0.2) is 12.3 Å². The quantitative estimate of drug-likeness (QED) is 0.831. The number of hydrogen-bond donors (Lipinski definition) is 1. The normalized spacial score (nSPS) is 12.4. The highest BCUT2D eigenvalue weighted by Gasteiger charge is 2.11. The van der Waals surface area contributed by atoms with Crippen molar-refractivity contribution in [2.24, 2.45) is 0 Å². The van der Waals surface area contributed by atoms with Gasteiger partial charge in [0.05, 0.1) is 11.7 Å². The van der Waals surface area contributed by atoms with E-state index >= 15 is 0 Å². The van der Waals surface area contributed by atoms with Crippen molar-refractivity contribution in [1.29, 1.82) is 0 Å². The van der Waals surface area contributed by atoms with Gasteiger partial charge in [0.2, 0.25) is 0 Å². The van der Waals surface area contributed by atoms with Gasteiger partial charge in [0.25, 0.3) is 0 Å². The molecule has 0 aromatic carbocycles. The summed E-state index contributed by atoms with van der Waals surface area (Å²) < 4.78 is 2.10. The van der Waals surface area contributed by atoms with Gasteiger partial charge in [-0.1, -0.05) is 13.8 Å². The minimum atomic E-state index is 0.151. The minimum absolute atomic E-state index is 0.151. The molecular weight excluding hydrogens is 198 g/mol. The third-order valence-corrected chi connectivity index (χ3v) is 2.78. The zero-order valence-electron chi connectivity index (χ0n) is 11.2. The summed E-state index contributed by atoms with van der Waals surface area (Å²) in [6, 6.07) is 2.65. The molecule has 0 spiro atoms. The lowest BCUT2D eigenvalue weighted by molar-refractivity contribution is 0.404. The van der Waals surface area contributed by atoms with E-state index in [4.69, 9.17) is 0 Å². The van der Waals surface area contributed by atoms with Crippen LogP contribution in [0.1, 0.15) is 59.2 Å². The monoisotopic (exact) mass is 223 g/mol. The number of rotatable bonds is 5. The number of hydrogen-bond acceptors (Lipinski definition) is 2. The van der Waals surface area contributed by atoms with Crippen LogP contribution in [0, 0.1) is 0 Å². The Balaban J connectivity index is 2.58. The van der Waals surface area contributed by atoms with Crippen LogP contribution >= 0.6 is 0 Å². The molecule has 3 heteroatoms. The van der Waals surface area contributed by atoms with E-state index in [0.717, 1.165) is 25.1 Å². The van der Waals surface area contributed by atoms with Crippen LogP contribution in [0.4, 0.5) is 0 Å². The van der Waals surface area contributed by atoms with E-state index in [1.807, 2.05) is 0 Å². The second-order valence-corrected chi connectivity index (χ2v) is 5.36. The summed E-state index contributed by atoms with van der Waals surface area (Å²) in [5.74, 6) is 0. The van der Waals surface area contributed by atoms with E-state index in [-0.39, 0.29) is 5.54 Å². The van der Waals surface area contributed by atoms with E-state index in [9.17, 15) is 0 Å². The smallest absolute Gasteiger partial charge is 0.0762 e. The minimum Gasteiger partial charge on any atom is -0.306 e. The van der Waals surface area contributed by atoms with Crippen LogP contribution in [0.5, 0.6) is 0 Å². The zero-order valence-corrected chi connectivity index (χ0v) is 11.2. The van der Waals surface area contributed by atoms with Crippen LogP contribution in [-0.4, -0.2) is 15.3 Å². The van der Waals surface area contributed by atoms with Gasteiger partial charge in [0.1, 0.15) is 0 Å². The van der Waals surface area contributed by atoms with Crippen LogP contribution in [0.2, 0.25) is 0 Å². The Labute approximate surface area is 99.2 Å². The first kappa shape index (κ1) is 13.2. The molecule has 92 valence electrons. The molecule has 0 aliphatic heterocycles. The number of aromatic nitrogens is 2. The van der Waals surface area contributed by atoms with Crippen LogP contribution in [0.25, 0.3) is 0 Å². The van der Waals surface area contributed by atoms with Crippen molar-refractivity contribution in [1.82, 2.24) is 15.1 Å². The lowest BCUT2D eigenvalue weighted by Crippen LogP contribution is -2.35. The molecule has 0 amide bonds. The largest absolute Gasteiger partial charge is 0.306 e. The van der Waals surface area contributed by atoms with E-state index in [2.05, 4.69) is 62.0 Å². The van der Waals surface area contributed by atoms with Crippen molar-refractivity contribution in [2.45, 2.75) is 65.6 Å². The third-order valence-electron chi connectivity index (χ3n) is 2.78. The highest BCUT2D eigenvalue weighted by Crippen LogP contribution is 2.14. The Morgan fingerprint density at radius 3 is 2.44 bits per heavy atom. The van der Waals surface area contributed by atoms with Gasteiger partial charge in [0.15, 0.2) is 0 Å². The van der Waals surface area contributed by atoms with Crippen molar-refractivity contribution in [3.63, 3.8) is 0 Å². The van der Waals surface area contributed by atoms with E-state index in [1.54, 1.807) is 0 Å². The highest BCUT2D eigenvalue weighted by atomic mass is 15.3. The van der Waals surface area contributed by atoms with Gasteiger partial charge >= 0.3 is 0 Å². The molecule has 0 radical (unpaired) electrons. The maximum atomic E-state index is 4.61. The lowest BCUT2D eigenvalue weighted by Gasteiger charge is -2.19. The molecule has 16 heavy (non-hydrogen) atoms. The van der Waals surface area contributed by atoms with Crippen molar-refractivity contribution in [3.05, 3.63) is 18.0 Å². The molecule has 3 nitrogen and oxygen atoms in total. The predicted molar refractivity (Wildman–Crippen MR) is 68.4 cm³/mol. The topological polar surface area (TPSA) is 29.9 Å². The van der Waals surface area contributed by atoms with Crippen molar-refractivity contribution >= 4 is 0 Å². The average Bonchev–Trinajstić information content (AvgIpc) is 2.65. The van der Waals surface area contributed by atoms with Crippen molar-refractivity contribution < 1.29 is 0 Å². The first-order valence-electron chi connectivity index (χ1n) is 6.25. The first-order valence-corrected chi connectivity index (χ1v) is 6.25. The van der Waals surface area contributed by atoms with Gasteiger partial charge in [-0.25, -0.2) is 0 Å². The van der Waals surface area contributed by atoms with Gasteiger partial charge in [-0.2, -0.15) is 5.10 Å². The summed E-state index contributed by atoms with van der Waals surface area (Å²) in [5.41, 5.74) is 1.28. The number of nitrogens with zero attached hydrogens (tertiary/aromatic N) is 2. The van der Waals surface area contributed by atoms with Crippen molar-refractivity contribution in [3.8, 4) is 0 Å². The molecule has 0 atom stereocenters. The van der Waals surface area contributed by atoms with E-state index in [0.29, 0.717) is 6.04 Å². The molecule has 1 aromatic rings. The fourth-order valence-electron chi connectivity index (χ4n) is 1.69. The Kier molecular flexibility index (Phi) is 4.54. The van der Waals surface area contributed by atoms with Crippen LogP contribution in [0.3, 0.4) is 0 Å². The van der Waals surface area contributed by atoms with Gasteiger partial charge in [0, 0.05) is 18.3 Å². The van der Waals surface area contributed by atoms with Gasteiger partial charge in [-0.3, -0.25) is 4.68 Å². The summed E-state index contributed by atoms with van der Waals surface area (Å²) in [6.45, 7) is 11.8. The van der Waals surface area contributed by atoms with Gasteiger partial charge in [-0.05, 0) is 39.7 Å². The molecule has 0 fully saturated rings. The Morgan fingerprint density at radius 1 is 1.31 bits per heavy atom. The maximum absolute atomic E-state index is 4.61. The first-order chi connectivity index (χ1) is 7.46. The summed E-state index contributed by atoms with van der Waals surface area (Å²) >= 11 is 0. The second kappa shape index (κ2) is 5.48. The maximum Gasteiger partial charge on any atom is 0.0762 e. The highest BCUT2D eigenvalue weighted by molar-refractivity contribution is 5.00. The number of nitrogens with one attached hydrogen (secondary N) is 1. The third kappa shape index (κ3) is 3.97. The van der Waals surface area contributed by atoms with E-state index in [1.165, 1.54) is 0 Å². The second-order valence-electron chi connectivity index (χ2n) is 5.36. The Hall–Kier alpha value is -0.830. The Bertz CT molecular complexity index is 305. The molecule has 0 aliphatic rings.